The number of hydrogen-bond acceptors (Lipinski definition) is 3. The number of aliphatic carboxylic acids is 1. The quantitative estimate of drug-likeness (QED) is 0.891. The largest absolute Gasteiger partial charge is 0.480 e. The van der Waals surface area contributed by atoms with Crippen LogP contribution in [0, 0.1) is 0 Å². The molecule has 5 nitrogen and oxygen atoms in total. The van der Waals surface area contributed by atoms with Gasteiger partial charge in [0.05, 0.1) is 18.8 Å². The molecule has 0 saturated carbocycles. The fraction of sp³-hybridized carbons (Fsp3) is 0.333. The summed E-state index contributed by atoms with van der Waals surface area (Å²) >= 11 is 3.38. The summed E-state index contributed by atoms with van der Waals surface area (Å²) in [6.07, 6.45) is 0. The van der Waals surface area contributed by atoms with Crippen molar-refractivity contribution in [3.63, 3.8) is 0 Å². The van der Waals surface area contributed by atoms with Crippen molar-refractivity contribution >= 4 is 33.5 Å². The number of benzene rings is 1. The molecule has 96 valence electrons. The summed E-state index contributed by atoms with van der Waals surface area (Å²) < 4.78 is 0.784. The van der Waals surface area contributed by atoms with Gasteiger partial charge in [0.25, 0.3) is 0 Å². The fourth-order valence-electron chi connectivity index (χ4n) is 1.99. The van der Waals surface area contributed by atoms with Gasteiger partial charge >= 0.3 is 5.97 Å². The summed E-state index contributed by atoms with van der Waals surface area (Å²) in [5, 5.41) is 9.14. The van der Waals surface area contributed by atoms with Crippen molar-refractivity contribution in [3.05, 3.63) is 28.7 Å². The van der Waals surface area contributed by atoms with Gasteiger partial charge in [-0.05, 0) is 35.1 Å². The number of amides is 1. The summed E-state index contributed by atoms with van der Waals surface area (Å²) in [5.74, 6) is -1.01. The van der Waals surface area contributed by atoms with Crippen molar-refractivity contribution in [1.82, 2.24) is 4.90 Å². The highest BCUT2D eigenvalue weighted by atomic mass is 79.9. The van der Waals surface area contributed by atoms with Gasteiger partial charge in [-0.25, -0.2) is 0 Å². The van der Waals surface area contributed by atoms with Crippen LogP contribution < -0.4 is 4.90 Å². The second-order valence-corrected chi connectivity index (χ2v) is 5.08. The molecule has 0 aliphatic carbocycles. The van der Waals surface area contributed by atoms with Gasteiger partial charge in [-0.1, -0.05) is 12.1 Å². The van der Waals surface area contributed by atoms with E-state index >= 15 is 0 Å². The second kappa shape index (κ2) is 5.07. The molecular weight excluding hydrogens is 300 g/mol. The zero-order valence-electron chi connectivity index (χ0n) is 9.84. The number of halogens is 1. The molecule has 1 amide bonds. The summed E-state index contributed by atoms with van der Waals surface area (Å²) in [7, 11) is 1.65. The number of likely N-dealkylation sites (N-methyl/N-ethyl adjacent to an activating group) is 1. The molecule has 0 spiro atoms. The van der Waals surface area contributed by atoms with Gasteiger partial charge in [0, 0.05) is 4.47 Å². The summed E-state index contributed by atoms with van der Waals surface area (Å²) in [6, 6.07) is 6.63. The Bertz CT molecular complexity index is 492. The minimum Gasteiger partial charge on any atom is -0.480 e. The van der Waals surface area contributed by atoms with Crippen molar-refractivity contribution in [2.24, 2.45) is 0 Å². The van der Waals surface area contributed by atoms with Crippen LogP contribution in [0.2, 0.25) is 0 Å². The highest BCUT2D eigenvalue weighted by Crippen LogP contribution is 2.28. The molecule has 0 radical (unpaired) electrons. The van der Waals surface area contributed by atoms with Crippen molar-refractivity contribution in [1.29, 1.82) is 0 Å². The molecule has 1 aliphatic heterocycles. The van der Waals surface area contributed by atoms with Crippen LogP contribution in [0.5, 0.6) is 0 Å². The van der Waals surface area contributed by atoms with Gasteiger partial charge in [-0.2, -0.15) is 0 Å². The van der Waals surface area contributed by atoms with E-state index in [0.717, 1.165) is 4.47 Å². The number of carboxylic acids is 1. The number of para-hydroxylation sites is 1. The maximum absolute atomic E-state index is 12.0. The highest BCUT2D eigenvalue weighted by molar-refractivity contribution is 9.10. The lowest BCUT2D eigenvalue weighted by Gasteiger charge is -2.37. The van der Waals surface area contributed by atoms with Crippen molar-refractivity contribution in [2.45, 2.75) is 6.04 Å². The Balaban J connectivity index is 2.30. The Hall–Kier alpha value is -1.40. The zero-order valence-corrected chi connectivity index (χ0v) is 11.4. The predicted molar refractivity (Wildman–Crippen MR) is 70.5 cm³/mol. The standard InChI is InChI=1S/C12H13BrN2O3/c1-14-7-11(16)15(6-10(14)12(17)18)9-5-3-2-4-8(9)13/h2-5,10H,6-7H2,1H3,(H,17,18). The van der Waals surface area contributed by atoms with E-state index in [9.17, 15) is 9.59 Å². The first kappa shape index (κ1) is 13.0. The molecule has 1 N–H and O–H groups in total. The van der Waals surface area contributed by atoms with E-state index in [2.05, 4.69) is 15.9 Å². The third-order valence-electron chi connectivity index (χ3n) is 3.00. The number of nitrogens with zero attached hydrogens (tertiary/aromatic N) is 2. The first-order valence-electron chi connectivity index (χ1n) is 5.48. The molecule has 0 aromatic heterocycles. The normalized spacial score (nSPS) is 21.1. The first-order chi connectivity index (χ1) is 8.50. The smallest absolute Gasteiger partial charge is 0.322 e. The lowest BCUT2D eigenvalue weighted by atomic mass is 10.1. The van der Waals surface area contributed by atoms with Gasteiger partial charge in [0.15, 0.2) is 0 Å². The Morgan fingerprint density at radius 2 is 2.11 bits per heavy atom. The molecule has 1 saturated heterocycles. The van der Waals surface area contributed by atoms with Gasteiger partial charge in [-0.3, -0.25) is 14.5 Å². The van der Waals surface area contributed by atoms with E-state index in [4.69, 9.17) is 5.11 Å². The van der Waals surface area contributed by atoms with Crippen LogP contribution in [0.1, 0.15) is 0 Å². The predicted octanol–water partition coefficient (Wildman–Crippen LogP) is 1.18. The van der Waals surface area contributed by atoms with Crippen LogP contribution in [-0.4, -0.2) is 48.1 Å². The molecular formula is C12H13BrN2O3. The number of rotatable bonds is 2. The fourth-order valence-corrected chi connectivity index (χ4v) is 2.49. The van der Waals surface area contributed by atoms with Crippen LogP contribution in [-0.2, 0) is 9.59 Å². The number of carboxylic acid groups (broad SMARTS) is 1. The molecule has 1 fully saturated rings. The maximum Gasteiger partial charge on any atom is 0.322 e. The van der Waals surface area contributed by atoms with Gasteiger partial charge in [0.2, 0.25) is 5.91 Å². The Kier molecular flexibility index (Phi) is 3.68. The molecule has 1 aliphatic rings. The van der Waals surface area contributed by atoms with Crippen LogP contribution >= 0.6 is 15.9 Å². The first-order valence-corrected chi connectivity index (χ1v) is 6.28. The number of carbonyl (C=O) groups is 2. The lowest BCUT2D eigenvalue weighted by Crippen LogP contribution is -2.57. The average Bonchev–Trinajstić information content (AvgIpc) is 2.30. The Morgan fingerprint density at radius 3 is 2.72 bits per heavy atom. The van der Waals surface area contributed by atoms with Crippen LogP contribution in [0.15, 0.2) is 28.7 Å². The summed E-state index contributed by atoms with van der Waals surface area (Å²) in [5.41, 5.74) is 0.710. The van der Waals surface area contributed by atoms with E-state index in [0.29, 0.717) is 5.69 Å². The number of carbonyl (C=O) groups excluding carboxylic acids is 1. The van der Waals surface area contributed by atoms with Crippen molar-refractivity contribution in [2.75, 3.05) is 25.0 Å². The number of hydrogen-bond donors (Lipinski definition) is 1. The molecule has 6 heteroatoms. The van der Waals surface area contributed by atoms with E-state index in [1.807, 2.05) is 18.2 Å². The van der Waals surface area contributed by atoms with E-state index in [-0.39, 0.29) is 19.0 Å². The van der Waals surface area contributed by atoms with Gasteiger partial charge < -0.3 is 10.0 Å². The Morgan fingerprint density at radius 1 is 1.44 bits per heavy atom. The van der Waals surface area contributed by atoms with Gasteiger partial charge in [-0.15, -0.1) is 0 Å². The minimum atomic E-state index is -0.915. The molecule has 18 heavy (non-hydrogen) atoms. The SMILES string of the molecule is CN1CC(=O)N(c2ccccc2Br)CC1C(=O)O. The Labute approximate surface area is 113 Å². The summed E-state index contributed by atoms with van der Waals surface area (Å²) in [6.45, 7) is 0.269. The summed E-state index contributed by atoms with van der Waals surface area (Å²) in [4.78, 5) is 26.2. The molecule has 0 bridgehead atoms. The number of piperazine rings is 1. The third-order valence-corrected chi connectivity index (χ3v) is 3.67. The molecule has 1 heterocycles. The van der Waals surface area contributed by atoms with Gasteiger partial charge in [0.1, 0.15) is 6.04 Å². The van der Waals surface area contributed by atoms with E-state index in [1.54, 1.807) is 18.0 Å². The molecule has 1 unspecified atom stereocenters. The lowest BCUT2D eigenvalue weighted by molar-refractivity contribution is -0.144. The molecule has 1 atom stereocenters. The topological polar surface area (TPSA) is 60.9 Å². The second-order valence-electron chi connectivity index (χ2n) is 4.22. The minimum absolute atomic E-state index is 0.0955. The third kappa shape index (κ3) is 2.39. The number of anilines is 1. The zero-order chi connectivity index (χ0) is 13.3. The van der Waals surface area contributed by atoms with Crippen molar-refractivity contribution in [3.8, 4) is 0 Å². The highest BCUT2D eigenvalue weighted by Gasteiger charge is 2.35. The van der Waals surface area contributed by atoms with Crippen LogP contribution in [0.3, 0.4) is 0 Å². The maximum atomic E-state index is 12.0. The molecule has 1 aromatic carbocycles. The average molecular weight is 313 g/mol. The van der Waals surface area contributed by atoms with Crippen LogP contribution in [0.25, 0.3) is 0 Å². The van der Waals surface area contributed by atoms with Crippen molar-refractivity contribution < 1.29 is 14.7 Å². The van der Waals surface area contributed by atoms with E-state index in [1.165, 1.54) is 4.90 Å². The molecule has 1 aromatic rings. The van der Waals surface area contributed by atoms with E-state index < -0.39 is 12.0 Å². The monoisotopic (exact) mass is 312 g/mol. The van der Waals surface area contributed by atoms with Crippen LogP contribution in [0.4, 0.5) is 5.69 Å². The molecule has 2 rings (SSSR count).